The molecule has 1 atom stereocenters. The highest BCUT2D eigenvalue weighted by Crippen LogP contribution is 2.20. The van der Waals surface area contributed by atoms with Crippen LogP contribution >= 0.6 is 11.8 Å². The second-order valence-electron chi connectivity index (χ2n) is 5.88. The van der Waals surface area contributed by atoms with Crippen LogP contribution in [0.5, 0.6) is 0 Å². The van der Waals surface area contributed by atoms with Crippen molar-refractivity contribution in [1.82, 2.24) is 20.4 Å². The van der Waals surface area contributed by atoms with Crippen molar-refractivity contribution in [2.75, 3.05) is 12.0 Å². The lowest BCUT2D eigenvalue weighted by Crippen LogP contribution is -2.30. The number of aryl methyl sites for hydroxylation is 1. The van der Waals surface area contributed by atoms with Crippen LogP contribution in [0, 0.1) is 0 Å². The summed E-state index contributed by atoms with van der Waals surface area (Å²) in [7, 11) is 0. The topological polar surface area (TPSA) is 83.8 Å². The minimum atomic E-state index is -0.238. The van der Waals surface area contributed by atoms with E-state index in [0.29, 0.717) is 5.69 Å². The summed E-state index contributed by atoms with van der Waals surface area (Å²) in [5.74, 6) is 2.18. The van der Waals surface area contributed by atoms with E-state index in [2.05, 4.69) is 27.4 Å². The molecular formula is C18H22N4O2S. The molecule has 2 aromatic heterocycles. The molecule has 0 fully saturated rings. The minimum absolute atomic E-state index is 0.196. The number of hydrogen-bond acceptors (Lipinski definition) is 5. The van der Waals surface area contributed by atoms with Gasteiger partial charge in [0.2, 0.25) is 0 Å². The van der Waals surface area contributed by atoms with Crippen LogP contribution in [0.3, 0.4) is 0 Å². The molecule has 0 aliphatic carbocycles. The molecule has 0 radical (unpaired) electrons. The van der Waals surface area contributed by atoms with E-state index in [1.807, 2.05) is 30.5 Å². The molecule has 3 aromatic rings. The van der Waals surface area contributed by atoms with Gasteiger partial charge in [-0.2, -0.15) is 11.8 Å². The molecule has 0 unspecified atom stereocenters. The average molecular weight is 358 g/mol. The number of nitrogens with zero attached hydrogens (tertiary/aromatic N) is 2. The lowest BCUT2D eigenvalue weighted by molar-refractivity contribution is 0.0925. The summed E-state index contributed by atoms with van der Waals surface area (Å²) in [5.41, 5.74) is 2.17. The lowest BCUT2D eigenvalue weighted by Gasteiger charge is -2.15. The fourth-order valence-electron chi connectivity index (χ4n) is 2.67. The van der Waals surface area contributed by atoms with Gasteiger partial charge >= 0.3 is 0 Å². The van der Waals surface area contributed by atoms with Crippen LogP contribution < -0.4 is 5.32 Å². The predicted molar refractivity (Wildman–Crippen MR) is 99.8 cm³/mol. The Labute approximate surface area is 150 Å². The zero-order chi connectivity index (χ0) is 17.6. The lowest BCUT2D eigenvalue weighted by atomic mass is 10.2. The smallest absolute Gasteiger partial charge is 0.274 e. The van der Waals surface area contributed by atoms with Gasteiger partial charge in [-0.25, -0.2) is 4.98 Å². The third-order valence-electron chi connectivity index (χ3n) is 3.94. The number of imidazole rings is 1. The Morgan fingerprint density at radius 3 is 3.00 bits per heavy atom. The number of carbonyl (C=O) groups is 1. The fraction of sp³-hybridized carbons (Fsp3) is 0.389. The molecule has 3 rings (SSSR count). The van der Waals surface area contributed by atoms with E-state index in [1.54, 1.807) is 17.8 Å². The van der Waals surface area contributed by atoms with Gasteiger partial charge < -0.3 is 14.8 Å². The van der Waals surface area contributed by atoms with Crippen molar-refractivity contribution in [2.24, 2.45) is 0 Å². The number of nitrogens with one attached hydrogen (secondary N) is 2. The van der Waals surface area contributed by atoms with E-state index < -0.39 is 0 Å². The van der Waals surface area contributed by atoms with Crippen LogP contribution in [0.15, 0.2) is 34.9 Å². The molecule has 25 heavy (non-hydrogen) atoms. The number of hydrogen-bond donors (Lipinski definition) is 2. The predicted octanol–water partition coefficient (Wildman–Crippen LogP) is 3.73. The largest absolute Gasteiger partial charge is 0.361 e. The first-order chi connectivity index (χ1) is 12.2. The third kappa shape index (κ3) is 4.22. The summed E-state index contributed by atoms with van der Waals surface area (Å²) in [6, 6.07) is 9.37. The molecule has 0 bridgehead atoms. The summed E-state index contributed by atoms with van der Waals surface area (Å²) in [6.45, 7) is 2.06. The van der Waals surface area contributed by atoms with E-state index in [4.69, 9.17) is 4.52 Å². The Bertz CT molecular complexity index is 809. The third-order valence-corrected chi connectivity index (χ3v) is 4.59. The molecule has 0 saturated heterocycles. The van der Waals surface area contributed by atoms with E-state index in [-0.39, 0.29) is 11.9 Å². The zero-order valence-electron chi connectivity index (χ0n) is 14.4. The number of benzene rings is 1. The molecule has 1 amide bonds. The maximum atomic E-state index is 12.5. The van der Waals surface area contributed by atoms with Crippen LogP contribution in [-0.4, -0.2) is 33.0 Å². The highest BCUT2D eigenvalue weighted by molar-refractivity contribution is 7.98. The number of aromatic amines is 1. The number of H-pyrrole nitrogens is 1. The first-order valence-electron chi connectivity index (χ1n) is 8.41. The molecule has 0 saturated carbocycles. The molecule has 1 aromatic carbocycles. The monoisotopic (exact) mass is 358 g/mol. The normalized spacial score (nSPS) is 12.4. The van der Waals surface area contributed by atoms with Gasteiger partial charge in [-0.05, 0) is 37.0 Å². The molecule has 2 heterocycles. The van der Waals surface area contributed by atoms with Crippen LogP contribution in [0.25, 0.3) is 11.0 Å². The van der Waals surface area contributed by atoms with E-state index in [1.165, 1.54) is 0 Å². The van der Waals surface area contributed by atoms with Crippen LogP contribution in [0.1, 0.15) is 47.9 Å². The van der Waals surface area contributed by atoms with Crippen LogP contribution in [-0.2, 0) is 6.42 Å². The van der Waals surface area contributed by atoms with Crippen molar-refractivity contribution in [3.63, 3.8) is 0 Å². The first-order valence-corrected chi connectivity index (χ1v) is 9.80. The van der Waals surface area contributed by atoms with Gasteiger partial charge in [0.25, 0.3) is 5.91 Å². The Kier molecular flexibility index (Phi) is 5.75. The van der Waals surface area contributed by atoms with Gasteiger partial charge in [0.15, 0.2) is 5.69 Å². The summed E-state index contributed by atoms with van der Waals surface area (Å²) in [6.07, 6.45) is 4.56. The fourth-order valence-corrected chi connectivity index (χ4v) is 3.14. The van der Waals surface area contributed by atoms with Crippen LogP contribution in [0.2, 0.25) is 0 Å². The number of fused-ring (bicyclic) bond motifs is 1. The molecule has 6 nitrogen and oxygen atoms in total. The SMILES string of the molecule is CCCc1cc(C(=O)N[C@@H](CCSC)c2nc3ccccc3[nH]2)no1. The number of para-hydroxylation sites is 2. The standard InChI is InChI=1S/C18H22N4O2S/c1-3-6-12-11-16(22-24-12)18(23)21-15(9-10-25-2)17-19-13-7-4-5-8-14(13)20-17/h4-5,7-8,11,15H,3,6,9-10H2,1-2H3,(H,19,20)(H,21,23)/t15-/m0/s1. The van der Waals surface area contributed by atoms with Crippen molar-refractivity contribution >= 4 is 28.7 Å². The van der Waals surface area contributed by atoms with Crippen molar-refractivity contribution in [2.45, 2.75) is 32.2 Å². The van der Waals surface area contributed by atoms with E-state index in [0.717, 1.165) is 47.6 Å². The minimum Gasteiger partial charge on any atom is -0.361 e. The number of amides is 1. The molecule has 0 aliphatic rings. The number of rotatable bonds is 8. The molecule has 7 heteroatoms. The van der Waals surface area contributed by atoms with Gasteiger partial charge in [-0.15, -0.1) is 0 Å². The Balaban J connectivity index is 1.78. The van der Waals surface area contributed by atoms with Gasteiger partial charge in [-0.3, -0.25) is 4.79 Å². The van der Waals surface area contributed by atoms with Crippen molar-refractivity contribution < 1.29 is 9.32 Å². The van der Waals surface area contributed by atoms with Crippen molar-refractivity contribution in [3.05, 3.63) is 47.6 Å². The van der Waals surface area contributed by atoms with Crippen LogP contribution in [0.4, 0.5) is 0 Å². The van der Waals surface area contributed by atoms with Gasteiger partial charge in [0, 0.05) is 12.5 Å². The van der Waals surface area contributed by atoms with Gasteiger partial charge in [0.05, 0.1) is 17.1 Å². The second-order valence-corrected chi connectivity index (χ2v) is 6.86. The quantitative estimate of drug-likeness (QED) is 0.641. The maximum Gasteiger partial charge on any atom is 0.274 e. The van der Waals surface area contributed by atoms with E-state index >= 15 is 0 Å². The number of carbonyl (C=O) groups excluding carboxylic acids is 1. The van der Waals surface area contributed by atoms with Gasteiger partial charge in [0.1, 0.15) is 11.6 Å². The molecular weight excluding hydrogens is 336 g/mol. The first kappa shape index (κ1) is 17.5. The maximum absolute atomic E-state index is 12.5. The second kappa shape index (κ2) is 8.20. The zero-order valence-corrected chi connectivity index (χ0v) is 15.2. The van der Waals surface area contributed by atoms with Crippen molar-refractivity contribution in [3.8, 4) is 0 Å². The molecule has 2 N–H and O–H groups in total. The Morgan fingerprint density at radius 1 is 1.40 bits per heavy atom. The highest BCUT2D eigenvalue weighted by atomic mass is 32.2. The van der Waals surface area contributed by atoms with Crippen molar-refractivity contribution in [1.29, 1.82) is 0 Å². The highest BCUT2D eigenvalue weighted by Gasteiger charge is 2.21. The van der Waals surface area contributed by atoms with Gasteiger partial charge in [-0.1, -0.05) is 24.2 Å². The summed E-state index contributed by atoms with van der Waals surface area (Å²) in [5, 5.41) is 6.91. The molecule has 0 aliphatic heterocycles. The molecule has 132 valence electrons. The number of aromatic nitrogens is 3. The Morgan fingerprint density at radius 2 is 2.24 bits per heavy atom. The summed E-state index contributed by atoms with van der Waals surface area (Å²) < 4.78 is 5.20. The average Bonchev–Trinajstić information content (AvgIpc) is 3.25. The number of thioether (sulfide) groups is 1. The molecule has 0 spiro atoms. The summed E-state index contributed by atoms with van der Waals surface area (Å²) in [4.78, 5) is 20.5. The summed E-state index contributed by atoms with van der Waals surface area (Å²) >= 11 is 1.74. The Hall–Kier alpha value is -2.28. The van der Waals surface area contributed by atoms with E-state index in [9.17, 15) is 4.79 Å².